The second-order valence-electron chi connectivity index (χ2n) is 6.13. The monoisotopic (exact) mass is 274 g/mol. The third-order valence-corrected chi connectivity index (χ3v) is 4.98. The number of nitrogen functional groups attached to an aromatic ring is 1. The number of anilines is 1. The minimum absolute atomic E-state index is 0.342. The summed E-state index contributed by atoms with van der Waals surface area (Å²) in [5, 5.41) is 0. The van der Waals surface area contributed by atoms with Crippen molar-refractivity contribution in [2.24, 2.45) is 10.8 Å². The zero-order chi connectivity index (χ0) is 14.5. The van der Waals surface area contributed by atoms with Crippen LogP contribution in [0.15, 0.2) is 4.99 Å². The molecule has 2 heterocycles. The fourth-order valence-corrected chi connectivity index (χ4v) is 3.69. The Balaban J connectivity index is 2.18. The summed E-state index contributed by atoms with van der Waals surface area (Å²) in [6.07, 6.45) is 6.13. The Morgan fingerprint density at radius 3 is 2.40 bits per heavy atom. The number of nitrogens with zero attached hydrogens (tertiary/aromatic N) is 3. The summed E-state index contributed by atoms with van der Waals surface area (Å²) in [5.41, 5.74) is 10.0. The maximum Gasteiger partial charge on any atom is 0.225 e. The molecule has 3 rings (SSSR count). The predicted octanol–water partition coefficient (Wildman–Crippen LogP) is 2.86. The molecular weight excluding hydrogens is 250 g/mol. The molecule has 1 aliphatic carbocycles. The molecule has 1 aromatic rings. The number of hydrogen-bond donors (Lipinski definition) is 2. The SMILES string of the molecule is CC1=Nc2c(N)nc(C)c(C)c2[N+]1(N)C1CCCCC1. The smallest absolute Gasteiger partial charge is 0.225 e. The highest BCUT2D eigenvalue weighted by Gasteiger charge is 2.48. The van der Waals surface area contributed by atoms with E-state index < -0.39 is 0 Å². The van der Waals surface area contributed by atoms with Gasteiger partial charge in [-0.15, -0.1) is 0 Å². The van der Waals surface area contributed by atoms with Gasteiger partial charge in [-0.05, 0) is 26.7 Å². The maximum atomic E-state index is 6.85. The summed E-state index contributed by atoms with van der Waals surface area (Å²) in [4.78, 5) is 9.05. The Morgan fingerprint density at radius 2 is 1.75 bits per heavy atom. The molecule has 5 nitrogen and oxygen atoms in total. The van der Waals surface area contributed by atoms with Gasteiger partial charge in [-0.3, -0.25) is 0 Å². The van der Waals surface area contributed by atoms with Crippen molar-refractivity contribution in [2.45, 2.75) is 58.9 Å². The molecule has 0 amide bonds. The van der Waals surface area contributed by atoms with Gasteiger partial charge in [0.2, 0.25) is 5.84 Å². The van der Waals surface area contributed by atoms with E-state index >= 15 is 0 Å². The molecule has 4 N–H and O–H groups in total. The fraction of sp³-hybridized carbons (Fsp3) is 0.600. The van der Waals surface area contributed by atoms with Crippen LogP contribution in [-0.2, 0) is 0 Å². The van der Waals surface area contributed by atoms with Crippen molar-refractivity contribution in [1.82, 2.24) is 9.58 Å². The quantitative estimate of drug-likeness (QED) is 0.610. The van der Waals surface area contributed by atoms with Crippen molar-refractivity contribution in [2.75, 3.05) is 5.73 Å². The second kappa shape index (κ2) is 4.53. The Hall–Kier alpha value is -1.46. The van der Waals surface area contributed by atoms with E-state index in [9.17, 15) is 0 Å². The number of hydrogen-bond acceptors (Lipinski definition) is 4. The molecule has 1 unspecified atom stereocenters. The molecule has 0 spiro atoms. The summed E-state index contributed by atoms with van der Waals surface area (Å²) >= 11 is 0. The third kappa shape index (κ3) is 1.70. The standard InChI is InChI=1S/C15H24N5/c1-9-10(2)18-15(16)13-14(9)20(17,11(3)19-13)12-7-5-4-6-8-12/h12H,4-8,17H2,1-3H3,(H2,16,18)/q+1. The molecule has 108 valence electrons. The van der Waals surface area contributed by atoms with Crippen LogP contribution in [0, 0.1) is 13.8 Å². The summed E-state index contributed by atoms with van der Waals surface area (Å²) in [6, 6.07) is 0.411. The molecule has 2 aliphatic rings. The molecule has 1 aliphatic heterocycles. The molecule has 0 aromatic carbocycles. The highest BCUT2D eigenvalue weighted by molar-refractivity contribution is 6.04. The van der Waals surface area contributed by atoms with Gasteiger partial charge < -0.3 is 5.73 Å². The van der Waals surface area contributed by atoms with Crippen LogP contribution in [0.4, 0.5) is 17.2 Å². The van der Waals surface area contributed by atoms with Gasteiger partial charge in [0.25, 0.3) is 0 Å². The lowest BCUT2D eigenvalue weighted by atomic mass is 9.92. The average Bonchev–Trinajstić information content (AvgIpc) is 2.72. The topological polar surface area (TPSA) is 77.3 Å². The van der Waals surface area contributed by atoms with Crippen molar-refractivity contribution in [3.63, 3.8) is 0 Å². The highest BCUT2D eigenvalue weighted by atomic mass is 15.6. The lowest BCUT2D eigenvalue weighted by Crippen LogP contribution is -2.64. The first kappa shape index (κ1) is 13.5. The van der Waals surface area contributed by atoms with Gasteiger partial charge in [0.05, 0.1) is 0 Å². The van der Waals surface area contributed by atoms with Crippen LogP contribution in [0.1, 0.15) is 50.3 Å². The van der Waals surface area contributed by atoms with Crippen molar-refractivity contribution >= 4 is 23.0 Å². The summed E-state index contributed by atoms with van der Waals surface area (Å²) in [7, 11) is 0. The van der Waals surface area contributed by atoms with Gasteiger partial charge in [0, 0.05) is 31.0 Å². The second-order valence-corrected chi connectivity index (χ2v) is 6.13. The number of quaternary nitrogens is 1. The number of aliphatic imine (C=N–C) groups is 1. The van der Waals surface area contributed by atoms with Crippen molar-refractivity contribution in [3.05, 3.63) is 11.3 Å². The van der Waals surface area contributed by atoms with Crippen LogP contribution in [0.25, 0.3) is 0 Å². The van der Waals surface area contributed by atoms with Crippen LogP contribution in [0.3, 0.4) is 0 Å². The molecule has 20 heavy (non-hydrogen) atoms. The van der Waals surface area contributed by atoms with Crippen LogP contribution in [0.5, 0.6) is 0 Å². The summed E-state index contributed by atoms with van der Waals surface area (Å²) < 4.78 is 0.342. The molecule has 1 fully saturated rings. The Kier molecular flexibility index (Phi) is 3.06. The van der Waals surface area contributed by atoms with Crippen LogP contribution in [0.2, 0.25) is 0 Å². The Labute approximate surface area is 120 Å². The van der Waals surface area contributed by atoms with Crippen molar-refractivity contribution < 1.29 is 0 Å². The van der Waals surface area contributed by atoms with Gasteiger partial charge in [-0.2, -0.15) is 15.4 Å². The highest BCUT2D eigenvalue weighted by Crippen LogP contribution is 2.47. The zero-order valence-electron chi connectivity index (χ0n) is 12.6. The molecule has 0 radical (unpaired) electrons. The van der Waals surface area contributed by atoms with E-state index in [-0.39, 0.29) is 0 Å². The molecule has 0 bridgehead atoms. The Bertz CT molecular complexity index is 586. The zero-order valence-corrected chi connectivity index (χ0v) is 12.6. The van der Waals surface area contributed by atoms with Gasteiger partial charge in [0.1, 0.15) is 6.04 Å². The van der Waals surface area contributed by atoms with Crippen LogP contribution in [-0.4, -0.2) is 16.9 Å². The number of nitrogens with two attached hydrogens (primary N) is 2. The van der Waals surface area contributed by atoms with E-state index in [4.69, 9.17) is 11.6 Å². The largest absolute Gasteiger partial charge is 0.382 e. The average molecular weight is 274 g/mol. The maximum absolute atomic E-state index is 6.85. The number of fused-ring (bicyclic) bond motifs is 1. The van der Waals surface area contributed by atoms with E-state index in [1.165, 1.54) is 19.3 Å². The third-order valence-electron chi connectivity index (χ3n) is 4.98. The number of pyridine rings is 1. The Morgan fingerprint density at radius 1 is 1.10 bits per heavy atom. The van der Waals surface area contributed by atoms with E-state index in [1.54, 1.807) is 0 Å². The number of aromatic nitrogens is 1. The molecular formula is C15H24N5+. The number of aryl methyl sites for hydroxylation is 1. The first-order valence-electron chi connectivity index (χ1n) is 7.46. The molecule has 0 saturated heterocycles. The number of rotatable bonds is 1. The number of amidine groups is 1. The van der Waals surface area contributed by atoms with Gasteiger partial charge >= 0.3 is 0 Å². The van der Waals surface area contributed by atoms with Crippen molar-refractivity contribution in [1.29, 1.82) is 0 Å². The van der Waals surface area contributed by atoms with Gasteiger partial charge in [-0.1, -0.05) is 6.42 Å². The van der Waals surface area contributed by atoms with Crippen LogP contribution < -0.4 is 16.2 Å². The summed E-state index contributed by atoms with van der Waals surface area (Å²) in [5.74, 6) is 8.29. The van der Waals surface area contributed by atoms with E-state index in [2.05, 4.69) is 16.9 Å². The van der Waals surface area contributed by atoms with Gasteiger partial charge in [-0.25, -0.2) is 4.98 Å². The first-order valence-corrected chi connectivity index (χ1v) is 7.46. The predicted molar refractivity (Wildman–Crippen MR) is 83.7 cm³/mol. The summed E-state index contributed by atoms with van der Waals surface area (Å²) in [6.45, 7) is 6.09. The van der Waals surface area contributed by atoms with E-state index in [0.29, 0.717) is 16.5 Å². The lowest BCUT2D eigenvalue weighted by molar-refractivity contribution is 0.250. The fourth-order valence-electron chi connectivity index (χ4n) is 3.69. The van der Waals surface area contributed by atoms with Gasteiger partial charge in [0.15, 0.2) is 17.2 Å². The lowest BCUT2D eigenvalue weighted by Gasteiger charge is -2.38. The van der Waals surface area contributed by atoms with Crippen molar-refractivity contribution in [3.8, 4) is 0 Å². The molecule has 1 aromatic heterocycles. The normalized spacial score (nSPS) is 26.5. The van der Waals surface area contributed by atoms with E-state index in [1.807, 2.05) is 13.8 Å². The minimum Gasteiger partial charge on any atom is -0.382 e. The van der Waals surface area contributed by atoms with E-state index in [0.717, 1.165) is 41.3 Å². The first-order chi connectivity index (χ1) is 9.46. The molecule has 1 saturated carbocycles. The molecule has 1 atom stereocenters. The van der Waals surface area contributed by atoms with Crippen LogP contribution >= 0.6 is 0 Å². The molecule has 5 heteroatoms. The minimum atomic E-state index is 0.342.